The zero-order chi connectivity index (χ0) is 19.1. The molecule has 0 aliphatic rings. The molecule has 4 heterocycles. The summed E-state index contributed by atoms with van der Waals surface area (Å²) in [7, 11) is 1.67. The van der Waals surface area contributed by atoms with Crippen molar-refractivity contribution in [3.63, 3.8) is 0 Å². The van der Waals surface area contributed by atoms with E-state index in [1.54, 1.807) is 30.2 Å². The molecular weight excluding hydrogens is 392 g/mol. The lowest BCUT2D eigenvalue weighted by Crippen LogP contribution is -1.94. The normalized spacial score (nSPS) is 11.5. The molecule has 6 nitrogen and oxygen atoms in total. The van der Waals surface area contributed by atoms with E-state index in [1.807, 2.05) is 35.7 Å². The Morgan fingerprint density at radius 3 is 2.93 bits per heavy atom. The van der Waals surface area contributed by atoms with Gasteiger partial charge in [-0.1, -0.05) is 23.0 Å². The van der Waals surface area contributed by atoms with Crippen LogP contribution in [0.15, 0.2) is 57.5 Å². The summed E-state index contributed by atoms with van der Waals surface area (Å²) in [4.78, 5) is 1.07. The largest absolute Gasteiger partial charge is 0.497 e. The number of fused-ring (bicyclic) bond motifs is 3. The molecule has 1 aromatic carbocycles. The SMILES string of the molecule is COc1ccc2c(C)cc3nnc(SCc4cc(-c5cccs5)on4)n3c2c1. The number of benzene rings is 1. The first-order valence-corrected chi connectivity index (χ1v) is 10.5. The fraction of sp³-hybridized carbons (Fsp3) is 0.150. The number of nitrogens with zero attached hydrogens (tertiary/aromatic N) is 4. The average molecular weight is 409 g/mol. The summed E-state index contributed by atoms with van der Waals surface area (Å²) in [5.41, 5.74) is 3.88. The van der Waals surface area contributed by atoms with Crippen LogP contribution in [0.3, 0.4) is 0 Å². The molecular formula is C20H16N4O2S2. The number of thioether (sulfide) groups is 1. The Labute approximate surface area is 169 Å². The number of pyridine rings is 1. The minimum atomic E-state index is 0.648. The second-order valence-electron chi connectivity index (χ2n) is 6.34. The van der Waals surface area contributed by atoms with Crippen LogP contribution in [0.5, 0.6) is 5.75 Å². The van der Waals surface area contributed by atoms with E-state index >= 15 is 0 Å². The topological polar surface area (TPSA) is 65.5 Å². The lowest BCUT2D eigenvalue weighted by molar-refractivity contribution is 0.415. The molecule has 0 bridgehead atoms. The van der Waals surface area contributed by atoms with Crippen molar-refractivity contribution in [3.05, 3.63) is 59.1 Å². The highest BCUT2D eigenvalue weighted by Gasteiger charge is 2.14. The molecule has 0 amide bonds. The van der Waals surface area contributed by atoms with Gasteiger partial charge in [-0.2, -0.15) is 0 Å². The summed E-state index contributed by atoms with van der Waals surface area (Å²) in [6.45, 7) is 2.08. The van der Waals surface area contributed by atoms with Crippen LogP contribution in [0, 0.1) is 6.92 Å². The number of rotatable bonds is 5. The fourth-order valence-electron chi connectivity index (χ4n) is 3.18. The standard InChI is InChI=1S/C20H16N4O2S2/c1-12-8-19-21-22-20(24(19)16-10-14(25-2)5-6-15(12)16)28-11-13-9-17(26-23-13)18-4-3-7-27-18/h3-10H,11H2,1-2H3. The second kappa shape index (κ2) is 6.96. The van der Waals surface area contributed by atoms with Crippen molar-refractivity contribution in [2.24, 2.45) is 0 Å². The molecule has 0 unspecified atom stereocenters. The third-order valence-corrected chi connectivity index (χ3v) is 6.39. The smallest absolute Gasteiger partial charge is 0.196 e. The van der Waals surface area contributed by atoms with Crippen LogP contribution in [0.4, 0.5) is 0 Å². The lowest BCUT2D eigenvalue weighted by Gasteiger charge is -2.09. The number of aryl methyl sites for hydroxylation is 1. The molecule has 28 heavy (non-hydrogen) atoms. The average Bonchev–Trinajstić information content (AvgIpc) is 3.46. The predicted molar refractivity (Wildman–Crippen MR) is 111 cm³/mol. The first kappa shape index (κ1) is 17.3. The van der Waals surface area contributed by atoms with E-state index in [2.05, 4.69) is 38.8 Å². The Bertz CT molecular complexity index is 1270. The molecule has 0 aliphatic heterocycles. The number of hydrogen-bond acceptors (Lipinski definition) is 7. The number of ether oxygens (including phenoxy) is 1. The van der Waals surface area contributed by atoms with Crippen LogP contribution in [0.2, 0.25) is 0 Å². The zero-order valence-corrected chi connectivity index (χ0v) is 16.9. The van der Waals surface area contributed by atoms with Gasteiger partial charge in [0.1, 0.15) is 5.75 Å². The first-order chi connectivity index (χ1) is 13.7. The minimum absolute atomic E-state index is 0.648. The van der Waals surface area contributed by atoms with Crippen molar-refractivity contribution < 1.29 is 9.26 Å². The lowest BCUT2D eigenvalue weighted by atomic mass is 10.1. The van der Waals surface area contributed by atoms with Gasteiger partial charge in [0.15, 0.2) is 16.6 Å². The number of aromatic nitrogens is 4. The predicted octanol–water partition coefficient (Wildman–Crippen LogP) is 5.21. The Kier molecular flexibility index (Phi) is 4.29. The van der Waals surface area contributed by atoms with Crippen molar-refractivity contribution in [3.8, 4) is 16.4 Å². The Balaban J connectivity index is 1.50. The van der Waals surface area contributed by atoms with Gasteiger partial charge in [0.05, 0.1) is 23.2 Å². The maximum absolute atomic E-state index is 5.47. The monoisotopic (exact) mass is 408 g/mol. The van der Waals surface area contributed by atoms with Gasteiger partial charge in [0.25, 0.3) is 0 Å². The van der Waals surface area contributed by atoms with Crippen LogP contribution in [0.25, 0.3) is 27.2 Å². The third kappa shape index (κ3) is 2.94. The molecule has 5 aromatic rings. The fourth-order valence-corrected chi connectivity index (χ4v) is 4.68. The van der Waals surface area contributed by atoms with E-state index in [0.29, 0.717) is 5.75 Å². The molecule has 0 fully saturated rings. The van der Waals surface area contributed by atoms with E-state index in [1.165, 1.54) is 0 Å². The molecule has 0 saturated heterocycles. The van der Waals surface area contributed by atoms with Gasteiger partial charge in [0.2, 0.25) is 0 Å². The van der Waals surface area contributed by atoms with Crippen LogP contribution in [-0.2, 0) is 5.75 Å². The molecule has 0 atom stereocenters. The Morgan fingerprint density at radius 2 is 2.11 bits per heavy atom. The van der Waals surface area contributed by atoms with Gasteiger partial charge in [-0.3, -0.25) is 4.40 Å². The number of methoxy groups -OCH3 is 1. The Hall–Kier alpha value is -2.84. The van der Waals surface area contributed by atoms with E-state index in [4.69, 9.17) is 9.26 Å². The highest BCUT2D eigenvalue weighted by molar-refractivity contribution is 7.98. The van der Waals surface area contributed by atoms with Crippen molar-refractivity contribution in [1.29, 1.82) is 0 Å². The van der Waals surface area contributed by atoms with Gasteiger partial charge in [-0.15, -0.1) is 21.5 Å². The molecule has 0 saturated carbocycles. The van der Waals surface area contributed by atoms with Crippen LogP contribution in [0.1, 0.15) is 11.3 Å². The van der Waals surface area contributed by atoms with E-state index in [0.717, 1.165) is 49.4 Å². The van der Waals surface area contributed by atoms with Crippen LogP contribution in [-0.4, -0.2) is 26.9 Å². The van der Waals surface area contributed by atoms with Crippen molar-refractivity contribution in [2.75, 3.05) is 7.11 Å². The minimum Gasteiger partial charge on any atom is -0.497 e. The Morgan fingerprint density at radius 1 is 1.18 bits per heavy atom. The molecule has 0 N–H and O–H groups in total. The van der Waals surface area contributed by atoms with Gasteiger partial charge >= 0.3 is 0 Å². The summed E-state index contributed by atoms with van der Waals surface area (Å²) in [5.74, 6) is 2.25. The molecule has 0 aliphatic carbocycles. The van der Waals surface area contributed by atoms with Crippen LogP contribution >= 0.6 is 23.1 Å². The van der Waals surface area contributed by atoms with Crippen molar-refractivity contribution in [2.45, 2.75) is 17.8 Å². The molecule has 0 radical (unpaired) electrons. The maximum atomic E-state index is 5.47. The molecule has 4 aromatic heterocycles. The van der Waals surface area contributed by atoms with Crippen molar-refractivity contribution >= 4 is 39.6 Å². The quantitative estimate of drug-likeness (QED) is 0.372. The molecule has 140 valence electrons. The van der Waals surface area contributed by atoms with Gasteiger partial charge < -0.3 is 9.26 Å². The van der Waals surface area contributed by atoms with Gasteiger partial charge in [-0.05, 0) is 42.1 Å². The van der Waals surface area contributed by atoms with Crippen molar-refractivity contribution in [1.82, 2.24) is 19.8 Å². The molecule has 0 spiro atoms. The zero-order valence-electron chi connectivity index (χ0n) is 15.2. The summed E-state index contributed by atoms with van der Waals surface area (Å²) in [6, 6.07) is 14.1. The maximum Gasteiger partial charge on any atom is 0.196 e. The third-order valence-electron chi connectivity index (χ3n) is 4.55. The van der Waals surface area contributed by atoms with Gasteiger partial charge in [0, 0.05) is 23.3 Å². The van der Waals surface area contributed by atoms with E-state index < -0.39 is 0 Å². The highest BCUT2D eigenvalue weighted by atomic mass is 32.2. The summed E-state index contributed by atoms with van der Waals surface area (Å²) >= 11 is 3.22. The van der Waals surface area contributed by atoms with Gasteiger partial charge in [-0.25, -0.2) is 0 Å². The van der Waals surface area contributed by atoms with E-state index in [-0.39, 0.29) is 0 Å². The van der Waals surface area contributed by atoms with Crippen LogP contribution < -0.4 is 4.74 Å². The number of hydrogen-bond donors (Lipinski definition) is 0. The second-order valence-corrected chi connectivity index (χ2v) is 8.23. The first-order valence-electron chi connectivity index (χ1n) is 8.67. The summed E-state index contributed by atoms with van der Waals surface area (Å²) in [6.07, 6.45) is 0. The number of thiophene rings is 1. The molecule has 8 heteroatoms. The van der Waals surface area contributed by atoms with E-state index in [9.17, 15) is 0 Å². The highest BCUT2D eigenvalue weighted by Crippen LogP contribution is 2.31. The summed E-state index contributed by atoms with van der Waals surface area (Å²) < 4.78 is 12.9. The summed E-state index contributed by atoms with van der Waals surface area (Å²) in [5, 5.41) is 16.9. The molecule has 5 rings (SSSR count).